The molecule has 0 saturated carbocycles. The van der Waals surface area contributed by atoms with Gasteiger partial charge in [-0.2, -0.15) is 0 Å². The van der Waals surface area contributed by atoms with E-state index >= 15 is 0 Å². The van der Waals surface area contributed by atoms with Gasteiger partial charge in [-0.3, -0.25) is 0 Å². The maximum Gasteiger partial charge on any atom is 0.0544 e. The van der Waals surface area contributed by atoms with Crippen molar-refractivity contribution in [2.75, 3.05) is 9.80 Å². The molecule has 330 valence electrons. The molecule has 0 fully saturated rings. The summed E-state index contributed by atoms with van der Waals surface area (Å²) in [4.78, 5) is 5.17. The van der Waals surface area contributed by atoms with Crippen LogP contribution in [0.25, 0.3) is 33.4 Å². The van der Waals surface area contributed by atoms with Gasteiger partial charge in [0.1, 0.15) is 0 Å². The Morgan fingerprint density at radius 2 is 0.672 bits per heavy atom. The minimum Gasteiger partial charge on any atom is -0.310 e. The summed E-state index contributed by atoms with van der Waals surface area (Å²) in [5, 5.41) is 0. The first-order valence-electron chi connectivity index (χ1n) is 24.5. The van der Waals surface area contributed by atoms with Crippen molar-refractivity contribution in [3.8, 4) is 33.4 Å². The maximum atomic E-state index is 2.68. The smallest absolute Gasteiger partial charge is 0.0544 e. The van der Waals surface area contributed by atoms with Crippen LogP contribution >= 0.6 is 0 Å². The second-order valence-corrected chi connectivity index (χ2v) is 23.2. The van der Waals surface area contributed by atoms with Gasteiger partial charge in [0.05, 0.1) is 17.1 Å². The van der Waals surface area contributed by atoms with Crippen molar-refractivity contribution in [3.63, 3.8) is 0 Å². The molecule has 2 nitrogen and oxygen atoms in total. The van der Waals surface area contributed by atoms with Gasteiger partial charge in [0.2, 0.25) is 0 Å². The molecule has 2 aliphatic carbocycles. The molecule has 0 radical (unpaired) electrons. The third kappa shape index (κ3) is 5.12. The van der Waals surface area contributed by atoms with Crippen molar-refractivity contribution in [1.29, 1.82) is 0 Å². The number of hydrogen-bond donors (Lipinski definition) is 0. The van der Waals surface area contributed by atoms with Crippen LogP contribution in [0, 0.1) is 13.8 Å². The molecule has 0 bridgehead atoms. The molecular formula is C65H60N2. The molecule has 3 heterocycles. The van der Waals surface area contributed by atoms with Crippen LogP contribution in [0.5, 0.6) is 0 Å². The zero-order valence-electron chi connectivity index (χ0n) is 41.3. The van der Waals surface area contributed by atoms with Gasteiger partial charge < -0.3 is 9.80 Å². The third-order valence-corrected chi connectivity index (χ3v) is 17.4. The molecule has 0 aromatic heterocycles. The van der Waals surface area contributed by atoms with E-state index in [1.165, 1.54) is 134 Å². The number of aryl methyl sites for hydroxylation is 2. The van der Waals surface area contributed by atoms with Gasteiger partial charge in [-0.05, 0) is 169 Å². The van der Waals surface area contributed by atoms with Crippen LogP contribution in [0.3, 0.4) is 0 Å². The lowest BCUT2D eigenvalue weighted by atomic mass is 9.60. The highest BCUT2D eigenvalue weighted by Gasteiger charge is 2.52. The van der Waals surface area contributed by atoms with Crippen LogP contribution < -0.4 is 9.80 Å². The van der Waals surface area contributed by atoms with E-state index in [9.17, 15) is 0 Å². The highest BCUT2D eigenvalue weighted by Crippen LogP contribution is 2.66. The third-order valence-electron chi connectivity index (χ3n) is 17.4. The molecule has 0 atom stereocenters. The average Bonchev–Trinajstić information content (AvgIpc) is 3.66. The molecule has 5 aliphatic rings. The molecule has 67 heavy (non-hydrogen) atoms. The summed E-state index contributed by atoms with van der Waals surface area (Å²) in [6, 6.07) is 56.9. The van der Waals surface area contributed by atoms with Crippen LogP contribution in [-0.2, 0) is 27.1 Å². The molecule has 8 aromatic rings. The molecule has 13 rings (SSSR count). The van der Waals surface area contributed by atoms with E-state index in [0.717, 1.165) is 0 Å². The summed E-state index contributed by atoms with van der Waals surface area (Å²) >= 11 is 0. The Morgan fingerprint density at radius 1 is 0.299 bits per heavy atom. The van der Waals surface area contributed by atoms with Crippen LogP contribution in [0.15, 0.2) is 146 Å². The Kier molecular flexibility index (Phi) is 7.80. The molecule has 0 spiro atoms. The fraction of sp³-hybridized carbons (Fsp3) is 0.262. The van der Waals surface area contributed by atoms with Gasteiger partial charge in [-0.25, -0.2) is 0 Å². The summed E-state index contributed by atoms with van der Waals surface area (Å²) in [6.07, 6.45) is 0. The lowest BCUT2D eigenvalue weighted by molar-refractivity contribution is 0.567. The predicted molar refractivity (Wildman–Crippen MR) is 282 cm³/mol. The van der Waals surface area contributed by atoms with Crippen LogP contribution in [0.1, 0.15) is 136 Å². The van der Waals surface area contributed by atoms with Gasteiger partial charge >= 0.3 is 0 Å². The number of fused-ring (bicyclic) bond motifs is 6. The fourth-order valence-corrected chi connectivity index (χ4v) is 13.8. The molecule has 8 aromatic carbocycles. The Morgan fingerprint density at radius 3 is 1.19 bits per heavy atom. The van der Waals surface area contributed by atoms with E-state index < -0.39 is 0 Å². The van der Waals surface area contributed by atoms with Crippen LogP contribution in [0.2, 0.25) is 0 Å². The number of rotatable bonds is 4. The second kappa shape index (κ2) is 12.9. The molecular weight excluding hydrogens is 809 g/mol. The Balaban J connectivity index is 0.944. The minimum absolute atomic E-state index is 0.0938. The van der Waals surface area contributed by atoms with E-state index in [1.807, 2.05) is 0 Å². The Labute approximate surface area is 398 Å². The SMILES string of the molecule is Cc1cc(C)cc(N(c2ccc3c(c2)C(C)(C)c2ccccc2-3)c2ccc3c(c2)C(C)(C)c2cc(-c4cc5c6c(c4)C(C)(C)c4cccc7c4N6c4c(cccc4C5(C)C)C7(C)C)ccc2-3)c1. The summed E-state index contributed by atoms with van der Waals surface area (Å²) in [7, 11) is 0. The number of hydrogen-bond acceptors (Lipinski definition) is 2. The lowest BCUT2D eigenvalue weighted by Gasteiger charge is -2.55. The van der Waals surface area contributed by atoms with Crippen molar-refractivity contribution in [2.45, 2.75) is 110 Å². The summed E-state index contributed by atoms with van der Waals surface area (Å²) in [5.41, 5.74) is 31.4. The molecule has 0 saturated heterocycles. The van der Waals surface area contributed by atoms with Gasteiger partial charge in [-0.15, -0.1) is 0 Å². The van der Waals surface area contributed by atoms with E-state index in [0.29, 0.717) is 0 Å². The summed E-state index contributed by atoms with van der Waals surface area (Å²) < 4.78 is 0. The Bertz CT molecular complexity index is 3420. The largest absolute Gasteiger partial charge is 0.310 e. The van der Waals surface area contributed by atoms with Crippen molar-refractivity contribution < 1.29 is 0 Å². The van der Waals surface area contributed by atoms with Crippen molar-refractivity contribution in [3.05, 3.63) is 212 Å². The second-order valence-electron chi connectivity index (χ2n) is 23.2. The molecule has 2 heteroatoms. The van der Waals surface area contributed by atoms with Crippen molar-refractivity contribution in [2.24, 2.45) is 0 Å². The first-order valence-corrected chi connectivity index (χ1v) is 24.5. The van der Waals surface area contributed by atoms with Crippen LogP contribution in [0.4, 0.5) is 34.1 Å². The van der Waals surface area contributed by atoms with Crippen molar-refractivity contribution >= 4 is 34.1 Å². The van der Waals surface area contributed by atoms with E-state index in [4.69, 9.17) is 0 Å². The lowest BCUT2D eigenvalue weighted by Crippen LogP contribution is -2.43. The van der Waals surface area contributed by atoms with E-state index in [1.54, 1.807) is 0 Å². The molecule has 0 amide bonds. The van der Waals surface area contributed by atoms with Gasteiger partial charge in [0.15, 0.2) is 0 Å². The zero-order chi connectivity index (χ0) is 46.5. The fourth-order valence-electron chi connectivity index (χ4n) is 13.8. The predicted octanol–water partition coefficient (Wildman–Crippen LogP) is 17.4. The van der Waals surface area contributed by atoms with E-state index in [-0.39, 0.29) is 27.1 Å². The summed E-state index contributed by atoms with van der Waals surface area (Å²) in [6.45, 7) is 28.7. The molecule has 3 aliphatic heterocycles. The number of anilines is 6. The standard InChI is InChI=1S/C65H60N2/c1-37-29-38(2)31-43(30-37)66(41-24-27-46-44-17-13-14-18-48(44)61(3,4)54(46)35-41)42-25-28-47-45-26-23-39(32-53(45)65(11,12)55(47)36-42)40-33-56-60-57(34-40)64(9,10)52-22-16-20-50-59(52)67(60)58-49(62(50,5)6)19-15-21-51(58)63(56,7)8/h13-36H,1-12H3. The van der Waals surface area contributed by atoms with Crippen LogP contribution in [-0.4, -0.2) is 0 Å². The topological polar surface area (TPSA) is 6.48 Å². The normalized spacial score (nSPS) is 17.8. The van der Waals surface area contributed by atoms with Gasteiger partial charge in [-0.1, -0.05) is 160 Å². The van der Waals surface area contributed by atoms with E-state index in [2.05, 4.69) is 238 Å². The quantitative estimate of drug-likeness (QED) is 0.174. The van der Waals surface area contributed by atoms with Gasteiger partial charge in [0.25, 0.3) is 0 Å². The summed E-state index contributed by atoms with van der Waals surface area (Å²) in [5.74, 6) is 0. The highest BCUT2D eigenvalue weighted by molar-refractivity contribution is 5.99. The van der Waals surface area contributed by atoms with Crippen molar-refractivity contribution in [1.82, 2.24) is 0 Å². The average molecular weight is 869 g/mol. The highest BCUT2D eigenvalue weighted by atomic mass is 15.2. The van der Waals surface area contributed by atoms with Gasteiger partial charge in [0, 0.05) is 44.1 Å². The maximum absolute atomic E-state index is 2.68. The zero-order valence-corrected chi connectivity index (χ0v) is 41.3. The minimum atomic E-state index is -0.223. The number of benzene rings is 8. The first kappa shape index (κ1) is 40.6. The monoisotopic (exact) mass is 868 g/mol. The number of nitrogens with zero attached hydrogens (tertiary/aromatic N) is 2. The molecule has 0 N–H and O–H groups in total. The number of para-hydroxylation sites is 2. The molecule has 0 unspecified atom stereocenters. The Hall–Kier alpha value is -6.64. The first-order chi connectivity index (χ1) is 31.8.